The summed E-state index contributed by atoms with van der Waals surface area (Å²) in [5.41, 5.74) is 0.251. The van der Waals surface area contributed by atoms with Crippen molar-refractivity contribution < 1.29 is 9.84 Å². The SMILES string of the molecule is CCNCC1(CN(CC)CCO)CCOC1. The van der Waals surface area contributed by atoms with E-state index in [-0.39, 0.29) is 12.0 Å². The van der Waals surface area contributed by atoms with Gasteiger partial charge in [-0.2, -0.15) is 0 Å². The molecule has 0 radical (unpaired) electrons. The Bertz CT molecular complexity index is 182. The summed E-state index contributed by atoms with van der Waals surface area (Å²) in [6.45, 7) is 11.1. The first-order valence-corrected chi connectivity index (χ1v) is 6.38. The quantitative estimate of drug-likeness (QED) is 0.630. The Balaban J connectivity index is 2.48. The normalized spacial score (nSPS) is 25.5. The molecule has 0 spiro atoms. The smallest absolute Gasteiger partial charge is 0.0558 e. The molecule has 0 bridgehead atoms. The molecule has 0 aliphatic carbocycles. The molecule has 0 aromatic rings. The zero-order valence-corrected chi connectivity index (χ0v) is 10.7. The molecule has 0 aromatic carbocycles. The van der Waals surface area contributed by atoms with Gasteiger partial charge in [0, 0.05) is 31.7 Å². The lowest BCUT2D eigenvalue weighted by atomic mass is 9.86. The maximum atomic E-state index is 9.01. The molecule has 4 nitrogen and oxygen atoms in total. The van der Waals surface area contributed by atoms with Gasteiger partial charge in [-0.05, 0) is 19.5 Å². The Hall–Kier alpha value is -0.160. The molecule has 1 fully saturated rings. The van der Waals surface area contributed by atoms with E-state index in [1.807, 2.05) is 0 Å². The van der Waals surface area contributed by atoms with Gasteiger partial charge in [-0.1, -0.05) is 13.8 Å². The molecule has 1 heterocycles. The average molecular weight is 230 g/mol. The van der Waals surface area contributed by atoms with E-state index in [0.29, 0.717) is 0 Å². The van der Waals surface area contributed by atoms with Crippen molar-refractivity contribution >= 4 is 0 Å². The van der Waals surface area contributed by atoms with Gasteiger partial charge in [0.15, 0.2) is 0 Å². The van der Waals surface area contributed by atoms with Gasteiger partial charge < -0.3 is 20.1 Å². The summed E-state index contributed by atoms with van der Waals surface area (Å²) in [5, 5.41) is 12.4. The fourth-order valence-corrected chi connectivity index (χ4v) is 2.32. The third-order valence-corrected chi connectivity index (χ3v) is 3.36. The van der Waals surface area contributed by atoms with Crippen molar-refractivity contribution in [2.45, 2.75) is 20.3 Å². The van der Waals surface area contributed by atoms with E-state index in [9.17, 15) is 0 Å². The zero-order valence-electron chi connectivity index (χ0n) is 10.7. The van der Waals surface area contributed by atoms with Crippen LogP contribution in [0.4, 0.5) is 0 Å². The molecule has 1 rings (SSSR count). The van der Waals surface area contributed by atoms with Crippen molar-refractivity contribution in [2.24, 2.45) is 5.41 Å². The number of hydrogen-bond acceptors (Lipinski definition) is 4. The topological polar surface area (TPSA) is 44.7 Å². The second-order valence-corrected chi connectivity index (χ2v) is 4.68. The highest BCUT2D eigenvalue weighted by Gasteiger charge is 2.35. The number of aliphatic hydroxyl groups is 1. The highest BCUT2D eigenvalue weighted by molar-refractivity contribution is 4.88. The predicted molar refractivity (Wildman–Crippen MR) is 65.6 cm³/mol. The molecule has 1 atom stereocenters. The minimum atomic E-state index is 0.242. The van der Waals surface area contributed by atoms with E-state index in [2.05, 4.69) is 24.1 Å². The van der Waals surface area contributed by atoms with Crippen molar-refractivity contribution in [2.75, 3.05) is 52.5 Å². The lowest BCUT2D eigenvalue weighted by Crippen LogP contribution is -2.45. The summed E-state index contributed by atoms with van der Waals surface area (Å²) in [5.74, 6) is 0. The molecular weight excluding hydrogens is 204 g/mol. The Morgan fingerprint density at radius 2 is 2.25 bits per heavy atom. The lowest BCUT2D eigenvalue weighted by molar-refractivity contribution is 0.1000. The van der Waals surface area contributed by atoms with E-state index in [0.717, 1.165) is 52.4 Å². The second-order valence-electron chi connectivity index (χ2n) is 4.68. The van der Waals surface area contributed by atoms with Crippen LogP contribution in [-0.4, -0.2) is 62.6 Å². The largest absolute Gasteiger partial charge is 0.395 e. The van der Waals surface area contributed by atoms with Crippen LogP contribution in [0, 0.1) is 5.41 Å². The van der Waals surface area contributed by atoms with Crippen molar-refractivity contribution in [3.05, 3.63) is 0 Å². The summed E-state index contributed by atoms with van der Waals surface area (Å²) in [6.07, 6.45) is 1.13. The highest BCUT2D eigenvalue weighted by Crippen LogP contribution is 2.28. The van der Waals surface area contributed by atoms with Crippen LogP contribution in [-0.2, 0) is 4.74 Å². The minimum absolute atomic E-state index is 0.242. The van der Waals surface area contributed by atoms with Crippen molar-refractivity contribution in [3.63, 3.8) is 0 Å². The van der Waals surface area contributed by atoms with E-state index in [4.69, 9.17) is 9.84 Å². The van der Waals surface area contributed by atoms with Crippen LogP contribution in [0.5, 0.6) is 0 Å². The fraction of sp³-hybridized carbons (Fsp3) is 1.00. The first-order chi connectivity index (χ1) is 7.76. The van der Waals surface area contributed by atoms with Gasteiger partial charge in [0.1, 0.15) is 0 Å². The molecule has 0 amide bonds. The number of nitrogens with one attached hydrogen (secondary N) is 1. The first kappa shape index (κ1) is 13.9. The van der Waals surface area contributed by atoms with Crippen LogP contribution in [0.3, 0.4) is 0 Å². The predicted octanol–water partition coefficient (Wildman–Crippen LogP) is 0.317. The van der Waals surface area contributed by atoms with Gasteiger partial charge in [0.2, 0.25) is 0 Å². The Labute approximate surface area is 99.0 Å². The van der Waals surface area contributed by atoms with Crippen molar-refractivity contribution in [1.29, 1.82) is 0 Å². The summed E-state index contributed by atoms with van der Waals surface area (Å²) >= 11 is 0. The Morgan fingerprint density at radius 1 is 1.44 bits per heavy atom. The van der Waals surface area contributed by atoms with Crippen LogP contribution in [0.2, 0.25) is 0 Å². The van der Waals surface area contributed by atoms with Gasteiger partial charge in [-0.25, -0.2) is 0 Å². The first-order valence-electron chi connectivity index (χ1n) is 6.38. The summed E-state index contributed by atoms with van der Waals surface area (Å²) in [7, 11) is 0. The van der Waals surface area contributed by atoms with Crippen molar-refractivity contribution in [3.8, 4) is 0 Å². The summed E-state index contributed by atoms with van der Waals surface area (Å²) in [6, 6.07) is 0. The molecule has 96 valence electrons. The fourth-order valence-electron chi connectivity index (χ4n) is 2.32. The van der Waals surface area contributed by atoms with Gasteiger partial charge in [-0.15, -0.1) is 0 Å². The molecule has 1 unspecified atom stereocenters. The number of nitrogens with zero attached hydrogens (tertiary/aromatic N) is 1. The van der Waals surface area contributed by atoms with Crippen LogP contribution < -0.4 is 5.32 Å². The molecule has 0 saturated carbocycles. The molecule has 4 heteroatoms. The maximum absolute atomic E-state index is 9.01. The number of ether oxygens (including phenoxy) is 1. The van der Waals surface area contributed by atoms with Crippen LogP contribution in [0.15, 0.2) is 0 Å². The van der Waals surface area contributed by atoms with Gasteiger partial charge >= 0.3 is 0 Å². The number of likely N-dealkylation sites (N-methyl/N-ethyl adjacent to an activating group) is 1. The maximum Gasteiger partial charge on any atom is 0.0558 e. The average Bonchev–Trinajstić information content (AvgIpc) is 2.75. The van der Waals surface area contributed by atoms with Gasteiger partial charge in [-0.3, -0.25) is 0 Å². The Morgan fingerprint density at radius 3 is 2.75 bits per heavy atom. The Kier molecular flexibility index (Phi) is 6.28. The van der Waals surface area contributed by atoms with E-state index < -0.39 is 0 Å². The molecule has 2 N–H and O–H groups in total. The molecule has 1 aliphatic heterocycles. The second kappa shape index (κ2) is 7.22. The standard InChI is InChI=1S/C12H26N2O2/c1-3-13-9-12(5-8-16-11-12)10-14(4-2)6-7-15/h13,15H,3-11H2,1-2H3. The highest BCUT2D eigenvalue weighted by atomic mass is 16.5. The van der Waals surface area contributed by atoms with E-state index in [1.165, 1.54) is 0 Å². The number of rotatable bonds is 8. The third kappa shape index (κ3) is 4.01. The van der Waals surface area contributed by atoms with Crippen LogP contribution in [0.1, 0.15) is 20.3 Å². The van der Waals surface area contributed by atoms with E-state index in [1.54, 1.807) is 0 Å². The summed E-state index contributed by atoms with van der Waals surface area (Å²) in [4.78, 5) is 2.31. The van der Waals surface area contributed by atoms with Gasteiger partial charge in [0.05, 0.1) is 13.2 Å². The monoisotopic (exact) mass is 230 g/mol. The third-order valence-electron chi connectivity index (χ3n) is 3.36. The van der Waals surface area contributed by atoms with Gasteiger partial charge in [0.25, 0.3) is 0 Å². The van der Waals surface area contributed by atoms with Crippen LogP contribution in [0.25, 0.3) is 0 Å². The molecule has 0 aromatic heterocycles. The number of hydrogen-bond donors (Lipinski definition) is 2. The lowest BCUT2D eigenvalue weighted by Gasteiger charge is -2.33. The zero-order chi connectivity index (χ0) is 11.9. The number of aliphatic hydroxyl groups excluding tert-OH is 1. The molecule has 16 heavy (non-hydrogen) atoms. The van der Waals surface area contributed by atoms with Crippen LogP contribution >= 0.6 is 0 Å². The molecule has 1 saturated heterocycles. The minimum Gasteiger partial charge on any atom is -0.395 e. The van der Waals surface area contributed by atoms with E-state index >= 15 is 0 Å². The van der Waals surface area contributed by atoms with Crippen molar-refractivity contribution in [1.82, 2.24) is 10.2 Å². The molecule has 1 aliphatic rings. The summed E-state index contributed by atoms with van der Waals surface area (Å²) < 4.78 is 5.55. The molecular formula is C12H26N2O2.